The molecule has 0 aliphatic heterocycles. The molecule has 1 aliphatic rings. The van der Waals surface area contributed by atoms with Crippen LogP contribution < -0.4 is 10.1 Å². The van der Waals surface area contributed by atoms with Gasteiger partial charge in [0.05, 0.1) is 12.6 Å². The van der Waals surface area contributed by atoms with Crippen molar-refractivity contribution < 1.29 is 13.9 Å². The summed E-state index contributed by atoms with van der Waals surface area (Å²) in [7, 11) is 1.64. The standard InChI is InChI=1S/C21H22N2O3/c1-25-17-7-8-18-15(12-17)11-16-13-19(26-21(16)23-18)20(24)22-10-9-14-5-3-2-4-6-14/h5,7-8,11-13H,2-4,6,9-10H2,1H3,(H,22,24). The van der Waals surface area contributed by atoms with Crippen molar-refractivity contribution in [1.29, 1.82) is 0 Å². The number of carbonyl (C=O) groups excluding carboxylic acids is 1. The van der Waals surface area contributed by atoms with Gasteiger partial charge in [0.1, 0.15) is 5.75 Å². The maximum Gasteiger partial charge on any atom is 0.287 e. The molecule has 1 aromatic carbocycles. The number of amides is 1. The van der Waals surface area contributed by atoms with Crippen LogP contribution >= 0.6 is 0 Å². The Labute approximate surface area is 152 Å². The predicted octanol–water partition coefficient (Wildman–Crippen LogP) is 4.61. The number of nitrogens with one attached hydrogen (secondary N) is 1. The van der Waals surface area contributed by atoms with Crippen molar-refractivity contribution in [2.75, 3.05) is 13.7 Å². The fourth-order valence-corrected chi connectivity index (χ4v) is 3.41. The number of ether oxygens (including phenoxy) is 1. The molecule has 0 saturated heterocycles. The molecule has 3 aromatic rings. The van der Waals surface area contributed by atoms with E-state index in [-0.39, 0.29) is 5.91 Å². The van der Waals surface area contributed by atoms with Gasteiger partial charge in [0.15, 0.2) is 5.76 Å². The normalized spacial score (nSPS) is 14.4. The Morgan fingerprint density at radius 2 is 2.15 bits per heavy atom. The van der Waals surface area contributed by atoms with Gasteiger partial charge in [-0.3, -0.25) is 4.79 Å². The highest BCUT2D eigenvalue weighted by molar-refractivity contribution is 5.98. The zero-order valence-corrected chi connectivity index (χ0v) is 14.9. The van der Waals surface area contributed by atoms with Gasteiger partial charge in [0.2, 0.25) is 5.71 Å². The monoisotopic (exact) mass is 350 g/mol. The Hall–Kier alpha value is -2.82. The Kier molecular flexibility index (Phi) is 4.61. The van der Waals surface area contributed by atoms with E-state index in [0.717, 1.165) is 41.3 Å². The molecule has 4 rings (SSSR count). The van der Waals surface area contributed by atoms with E-state index in [1.807, 2.05) is 24.3 Å². The quantitative estimate of drug-likeness (QED) is 0.683. The lowest BCUT2D eigenvalue weighted by molar-refractivity contribution is 0.0928. The Balaban J connectivity index is 1.49. The smallest absolute Gasteiger partial charge is 0.287 e. The lowest BCUT2D eigenvalue weighted by atomic mass is 9.97. The van der Waals surface area contributed by atoms with E-state index in [0.29, 0.717) is 18.0 Å². The van der Waals surface area contributed by atoms with Crippen molar-refractivity contribution in [2.24, 2.45) is 0 Å². The van der Waals surface area contributed by atoms with Crippen LogP contribution in [0.4, 0.5) is 0 Å². The highest BCUT2D eigenvalue weighted by atomic mass is 16.5. The molecular formula is C21H22N2O3. The van der Waals surface area contributed by atoms with Crippen LogP contribution in [0.3, 0.4) is 0 Å². The summed E-state index contributed by atoms with van der Waals surface area (Å²) in [6, 6.07) is 9.38. The van der Waals surface area contributed by atoms with Crippen molar-refractivity contribution in [1.82, 2.24) is 10.3 Å². The molecule has 26 heavy (non-hydrogen) atoms. The number of allylic oxidation sites excluding steroid dienone is 1. The van der Waals surface area contributed by atoms with E-state index in [2.05, 4.69) is 16.4 Å². The molecule has 1 N–H and O–H groups in total. The molecule has 0 saturated carbocycles. The minimum absolute atomic E-state index is 0.193. The molecule has 1 aliphatic carbocycles. The largest absolute Gasteiger partial charge is 0.497 e. The summed E-state index contributed by atoms with van der Waals surface area (Å²) in [4.78, 5) is 16.9. The van der Waals surface area contributed by atoms with Gasteiger partial charge in [-0.15, -0.1) is 0 Å². The lowest BCUT2D eigenvalue weighted by Crippen LogP contribution is -2.24. The number of pyridine rings is 1. The van der Waals surface area contributed by atoms with Crippen LogP contribution in [0, 0.1) is 0 Å². The fraction of sp³-hybridized carbons (Fsp3) is 0.333. The summed E-state index contributed by atoms with van der Waals surface area (Å²) >= 11 is 0. The highest BCUT2D eigenvalue weighted by Gasteiger charge is 2.14. The molecule has 2 heterocycles. The molecule has 0 atom stereocenters. The predicted molar refractivity (Wildman–Crippen MR) is 102 cm³/mol. The van der Waals surface area contributed by atoms with Crippen LogP contribution in [0.1, 0.15) is 42.7 Å². The first-order valence-electron chi connectivity index (χ1n) is 9.07. The number of carbonyl (C=O) groups is 1. The number of benzene rings is 1. The molecule has 0 radical (unpaired) electrons. The molecule has 2 aromatic heterocycles. The zero-order valence-electron chi connectivity index (χ0n) is 14.9. The van der Waals surface area contributed by atoms with E-state index < -0.39 is 0 Å². The van der Waals surface area contributed by atoms with Crippen LogP contribution in [-0.2, 0) is 0 Å². The summed E-state index contributed by atoms with van der Waals surface area (Å²) in [6.07, 6.45) is 8.07. The molecule has 1 amide bonds. The average Bonchev–Trinajstić information content (AvgIpc) is 3.09. The molecule has 0 unspecified atom stereocenters. The number of hydrogen-bond donors (Lipinski definition) is 1. The van der Waals surface area contributed by atoms with E-state index in [4.69, 9.17) is 9.15 Å². The molecule has 0 spiro atoms. The minimum Gasteiger partial charge on any atom is -0.497 e. The first-order valence-corrected chi connectivity index (χ1v) is 9.07. The summed E-state index contributed by atoms with van der Waals surface area (Å²) in [5.74, 6) is 0.880. The third-order valence-electron chi connectivity index (χ3n) is 4.85. The summed E-state index contributed by atoms with van der Waals surface area (Å²) < 4.78 is 10.9. The molecule has 0 bridgehead atoms. The topological polar surface area (TPSA) is 64.4 Å². The summed E-state index contributed by atoms with van der Waals surface area (Å²) in [5.41, 5.74) is 2.73. The lowest BCUT2D eigenvalue weighted by Gasteiger charge is -2.12. The number of nitrogens with zero attached hydrogens (tertiary/aromatic N) is 1. The van der Waals surface area contributed by atoms with Crippen molar-refractivity contribution >= 4 is 27.9 Å². The van der Waals surface area contributed by atoms with Crippen LogP contribution in [0.5, 0.6) is 5.75 Å². The van der Waals surface area contributed by atoms with Gasteiger partial charge in [0, 0.05) is 17.3 Å². The third kappa shape index (κ3) is 3.43. The zero-order chi connectivity index (χ0) is 17.9. The molecule has 5 heteroatoms. The van der Waals surface area contributed by atoms with Crippen molar-refractivity contribution in [3.8, 4) is 5.75 Å². The van der Waals surface area contributed by atoms with Gasteiger partial charge in [-0.05, 0) is 62.4 Å². The number of aromatic nitrogens is 1. The van der Waals surface area contributed by atoms with Gasteiger partial charge in [0.25, 0.3) is 5.91 Å². The maximum absolute atomic E-state index is 12.4. The average molecular weight is 350 g/mol. The van der Waals surface area contributed by atoms with Crippen molar-refractivity contribution in [3.63, 3.8) is 0 Å². The van der Waals surface area contributed by atoms with Gasteiger partial charge in [-0.1, -0.05) is 11.6 Å². The second-order valence-corrected chi connectivity index (χ2v) is 6.67. The maximum atomic E-state index is 12.4. The van der Waals surface area contributed by atoms with Gasteiger partial charge >= 0.3 is 0 Å². The van der Waals surface area contributed by atoms with Crippen LogP contribution in [0.25, 0.3) is 22.0 Å². The van der Waals surface area contributed by atoms with E-state index in [9.17, 15) is 4.79 Å². The van der Waals surface area contributed by atoms with Crippen molar-refractivity contribution in [2.45, 2.75) is 32.1 Å². The number of hydrogen-bond acceptors (Lipinski definition) is 4. The number of fused-ring (bicyclic) bond motifs is 2. The Bertz CT molecular complexity index is 987. The van der Waals surface area contributed by atoms with Gasteiger partial charge < -0.3 is 14.5 Å². The van der Waals surface area contributed by atoms with Crippen LogP contribution in [0.15, 0.2) is 46.4 Å². The second-order valence-electron chi connectivity index (χ2n) is 6.67. The summed E-state index contributed by atoms with van der Waals surface area (Å²) in [5, 5.41) is 4.71. The molecular weight excluding hydrogens is 328 g/mol. The number of furan rings is 1. The molecule has 0 fully saturated rings. The van der Waals surface area contributed by atoms with Crippen molar-refractivity contribution in [3.05, 3.63) is 47.7 Å². The Morgan fingerprint density at radius 1 is 1.23 bits per heavy atom. The number of methoxy groups -OCH3 is 1. The summed E-state index contributed by atoms with van der Waals surface area (Å²) in [6.45, 7) is 0.633. The van der Waals surface area contributed by atoms with Crippen LogP contribution in [0.2, 0.25) is 0 Å². The first-order chi connectivity index (χ1) is 12.7. The van der Waals surface area contributed by atoms with E-state index in [1.54, 1.807) is 13.2 Å². The minimum atomic E-state index is -0.193. The highest BCUT2D eigenvalue weighted by Crippen LogP contribution is 2.26. The Morgan fingerprint density at radius 3 is 2.96 bits per heavy atom. The fourth-order valence-electron chi connectivity index (χ4n) is 3.41. The third-order valence-corrected chi connectivity index (χ3v) is 4.85. The van der Waals surface area contributed by atoms with E-state index >= 15 is 0 Å². The van der Waals surface area contributed by atoms with E-state index in [1.165, 1.54) is 18.4 Å². The first kappa shape index (κ1) is 16.6. The molecule has 5 nitrogen and oxygen atoms in total. The second kappa shape index (κ2) is 7.20. The van der Waals surface area contributed by atoms with Crippen LogP contribution in [-0.4, -0.2) is 24.5 Å². The molecule has 134 valence electrons. The number of rotatable bonds is 5. The SMILES string of the molecule is COc1ccc2nc3oc(C(=O)NCCC4=CCCCC4)cc3cc2c1. The van der Waals surface area contributed by atoms with Gasteiger partial charge in [-0.25, -0.2) is 4.98 Å². The van der Waals surface area contributed by atoms with Gasteiger partial charge in [-0.2, -0.15) is 0 Å².